The number of aromatic nitrogens is 4. The van der Waals surface area contributed by atoms with Crippen LogP contribution in [0.2, 0.25) is 0 Å². The standard InChI is InChI=1S/C24H22FN5O2/c1-15(21-6-7-23(31)29-28-21)16-2-5-20(25)19(12-16)24-18-4-3-17(13-22(18)26-14-27-24)30-8-10-32-11-9-30/h2-7,12-15H,8-11H2,1H3,(H,29,31). The number of aromatic amines is 1. The van der Waals surface area contributed by atoms with E-state index in [1.54, 1.807) is 18.2 Å². The fraction of sp³-hybridized carbons (Fsp3) is 0.250. The zero-order chi connectivity index (χ0) is 22.1. The minimum absolute atomic E-state index is 0.132. The molecule has 32 heavy (non-hydrogen) atoms. The molecule has 2 aromatic heterocycles. The van der Waals surface area contributed by atoms with Crippen molar-refractivity contribution >= 4 is 16.6 Å². The Morgan fingerprint density at radius 1 is 1.06 bits per heavy atom. The van der Waals surface area contributed by atoms with E-state index in [1.807, 2.05) is 25.1 Å². The lowest BCUT2D eigenvalue weighted by atomic mass is 9.94. The SMILES string of the molecule is CC(c1ccc(F)c(-c2ncnc3cc(N4CCOCC4)ccc23)c1)c1ccc(=O)[nH]n1. The Morgan fingerprint density at radius 2 is 1.91 bits per heavy atom. The topological polar surface area (TPSA) is 84.0 Å². The maximum Gasteiger partial charge on any atom is 0.264 e. The summed E-state index contributed by atoms with van der Waals surface area (Å²) in [6, 6.07) is 14.1. The van der Waals surface area contributed by atoms with Gasteiger partial charge in [-0.15, -0.1) is 0 Å². The van der Waals surface area contributed by atoms with Crippen LogP contribution < -0.4 is 10.5 Å². The first-order chi connectivity index (χ1) is 15.6. The molecule has 3 heterocycles. The molecule has 1 saturated heterocycles. The summed E-state index contributed by atoms with van der Waals surface area (Å²) in [5, 5.41) is 7.35. The van der Waals surface area contributed by atoms with Crippen LogP contribution in [0.25, 0.3) is 22.2 Å². The highest BCUT2D eigenvalue weighted by molar-refractivity contribution is 5.94. The molecule has 7 nitrogen and oxygen atoms in total. The van der Waals surface area contributed by atoms with Crippen LogP contribution in [0.15, 0.2) is 59.7 Å². The second kappa shape index (κ2) is 8.47. The van der Waals surface area contributed by atoms with Crippen LogP contribution in [0.4, 0.5) is 10.1 Å². The van der Waals surface area contributed by atoms with Crippen molar-refractivity contribution in [3.8, 4) is 11.3 Å². The number of morpholine rings is 1. The monoisotopic (exact) mass is 431 g/mol. The average Bonchev–Trinajstić information content (AvgIpc) is 2.84. The summed E-state index contributed by atoms with van der Waals surface area (Å²) in [4.78, 5) is 22.4. The number of nitrogens with one attached hydrogen (secondary N) is 1. The van der Waals surface area contributed by atoms with Crippen molar-refractivity contribution in [1.29, 1.82) is 0 Å². The Morgan fingerprint density at radius 3 is 2.69 bits per heavy atom. The molecule has 1 atom stereocenters. The smallest absolute Gasteiger partial charge is 0.264 e. The van der Waals surface area contributed by atoms with E-state index < -0.39 is 0 Å². The van der Waals surface area contributed by atoms with Gasteiger partial charge < -0.3 is 9.64 Å². The molecule has 8 heteroatoms. The number of hydrogen-bond donors (Lipinski definition) is 1. The number of halogens is 1. The molecule has 0 spiro atoms. The number of fused-ring (bicyclic) bond motifs is 1. The molecule has 1 aliphatic rings. The lowest BCUT2D eigenvalue weighted by Crippen LogP contribution is -2.36. The van der Waals surface area contributed by atoms with E-state index in [2.05, 4.69) is 25.1 Å². The highest BCUT2D eigenvalue weighted by Crippen LogP contribution is 2.33. The van der Waals surface area contributed by atoms with Gasteiger partial charge in [0.15, 0.2) is 0 Å². The number of benzene rings is 2. The number of nitrogens with zero attached hydrogens (tertiary/aromatic N) is 4. The minimum Gasteiger partial charge on any atom is -0.378 e. The Bertz CT molecular complexity index is 1310. The quantitative estimate of drug-likeness (QED) is 0.532. The van der Waals surface area contributed by atoms with Crippen LogP contribution in [-0.4, -0.2) is 46.5 Å². The first-order valence-corrected chi connectivity index (χ1v) is 10.5. The summed E-state index contributed by atoms with van der Waals surface area (Å²) < 4.78 is 20.4. The molecule has 5 rings (SSSR count). The Balaban J connectivity index is 1.55. The van der Waals surface area contributed by atoms with Crippen molar-refractivity contribution in [2.75, 3.05) is 31.2 Å². The van der Waals surface area contributed by atoms with Gasteiger partial charge in [0.05, 0.1) is 30.1 Å². The third kappa shape index (κ3) is 3.85. The average molecular weight is 431 g/mol. The zero-order valence-corrected chi connectivity index (χ0v) is 17.6. The van der Waals surface area contributed by atoms with Crippen LogP contribution in [0.5, 0.6) is 0 Å². The Kier molecular flexibility index (Phi) is 5.36. The van der Waals surface area contributed by atoms with Gasteiger partial charge in [0.25, 0.3) is 5.56 Å². The number of anilines is 1. The van der Waals surface area contributed by atoms with Crippen LogP contribution in [0.3, 0.4) is 0 Å². The van der Waals surface area contributed by atoms with Crippen LogP contribution in [0.1, 0.15) is 24.1 Å². The molecule has 2 aromatic carbocycles. The van der Waals surface area contributed by atoms with Gasteiger partial charge in [-0.2, -0.15) is 5.10 Å². The van der Waals surface area contributed by atoms with Gasteiger partial charge in [-0.3, -0.25) is 4.79 Å². The van der Waals surface area contributed by atoms with E-state index in [1.165, 1.54) is 18.5 Å². The largest absolute Gasteiger partial charge is 0.378 e. The van der Waals surface area contributed by atoms with Crippen molar-refractivity contribution in [2.24, 2.45) is 0 Å². The summed E-state index contributed by atoms with van der Waals surface area (Å²) in [5.41, 5.74) is 4.10. The molecule has 4 aromatic rings. The van der Waals surface area contributed by atoms with Crippen molar-refractivity contribution < 1.29 is 9.13 Å². The molecular weight excluding hydrogens is 409 g/mol. The molecule has 0 radical (unpaired) electrons. The maximum atomic E-state index is 14.9. The van der Waals surface area contributed by atoms with Gasteiger partial charge in [-0.25, -0.2) is 19.5 Å². The number of H-pyrrole nitrogens is 1. The first kappa shape index (κ1) is 20.3. The fourth-order valence-corrected chi connectivity index (χ4v) is 4.04. The third-order valence-electron chi connectivity index (χ3n) is 5.89. The van der Waals surface area contributed by atoms with E-state index >= 15 is 0 Å². The molecule has 1 aliphatic heterocycles. The van der Waals surface area contributed by atoms with Gasteiger partial charge in [0, 0.05) is 41.7 Å². The summed E-state index contributed by atoms with van der Waals surface area (Å²) in [7, 11) is 0. The van der Waals surface area contributed by atoms with Gasteiger partial charge in [0.2, 0.25) is 0 Å². The van der Waals surface area contributed by atoms with Gasteiger partial charge in [0.1, 0.15) is 12.1 Å². The number of rotatable bonds is 4. The van der Waals surface area contributed by atoms with Crippen molar-refractivity contribution in [2.45, 2.75) is 12.8 Å². The van der Waals surface area contributed by atoms with E-state index in [0.29, 0.717) is 30.2 Å². The van der Waals surface area contributed by atoms with Gasteiger partial charge in [-0.1, -0.05) is 13.0 Å². The lowest BCUT2D eigenvalue weighted by molar-refractivity contribution is 0.122. The van der Waals surface area contributed by atoms with Crippen LogP contribution in [0, 0.1) is 5.82 Å². The highest BCUT2D eigenvalue weighted by atomic mass is 19.1. The predicted molar refractivity (Wildman–Crippen MR) is 120 cm³/mol. The molecule has 0 saturated carbocycles. The van der Waals surface area contributed by atoms with Crippen molar-refractivity contribution in [3.05, 3.63) is 82.3 Å². The predicted octanol–water partition coefficient (Wildman–Crippen LogP) is 3.51. The second-order valence-electron chi connectivity index (χ2n) is 7.83. The first-order valence-electron chi connectivity index (χ1n) is 10.5. The van der Waals surface area contributed by atoms with Crippen molar-refractivity contribution in [3.63, 3.8) is 0 Å². The Hall–Kier alpha value is -3.65. The highest BCUT2D eigenvalue weighted by Gasteiger charge is 2.18. The van der Waals surface area contributed by atoms with Gasteiger partial charge >= 0.3 is 0 Å². The summed E-state index contributed by atoms with van der Waals surface area (Å²) >= 11 is 0. The summed E-state index contributed by atoms with van der Waals surface area (Å²) in [6.45, 7) is 5.03. The van der Waals surface area contributed by atoms with Crippen LogP contribution >= 0.6 is 0 Å². The molecule has 1 N–H and O–H groups in total. The maximum absolute atomic E-state index is 14.9. The van der Waals surface area contributed by atoms with E-state index in [9.17, 15) is 9.18 Å². The van der Waals surface area contributed by atoms with E-state index in [0.717, 1.165) is 35.2 Å². The van der Waals surface area contributed by atoms with Crippen molar-refractivity contribution in [1.82, 2.24) is 20.2 Å². The zero-order valence-electron chi connectivity index (χ0n) is 17.6. The number of ether oxygens (including phenoxy) is 1. The lowest BCUT2D eigenvalue weighted by Gasteiger charge is -2.29. The molecule has 0 amide bonds. The minimum atomic E-state index is -0.354. The van der Waals surface area contributed by atoms with E-state index in [4.69, 9.17) is 4.74 Å². The third-order valence-corrected chi connectivity index (χ3v) is 5.89. The van der Waals surface area contributed by atoms with Gasteiger partial charge in [-0.05, 0) is 42.0 Å². The molecule has 0 aliphatic carbocycles. The second-order valence-corrected chi connectivity index (χ2v) is 7.83. The fourth-order valence-electron chi connectivity index (χ4n) is 4.04. The summed E-state index contributed by atoms with van der Waals surface area (Å²) in [6.07, 6.45) is 1.47. The molecule has 1 fully saturated rings. The van der Waals surface area contributed by atoms with E-state index in [-0.39, 0.29) is 17.3 Å². The normalized spacial score (nSPS) is 15.1. The molecule has 162 valence electrons. The molecule has 0 bridgehead atoms. The van der Waals surface area contributed by atoms with Crippen LogP contribution in [-0.2, 0) is 4.74 Å². The Labute approximate surface area is 183 Å². The number of hydrogen-bond acceptors (Lipinski definition) is 6. The molecular formula is C24H22FN5O2. The molecule has 1 unspecified atom stereocenters. The summed E-state index contributed by atoms with van der Waals surface area (Å²) in [5.74, 6) is -0.486.